The first-order valence-corrected chi connectivity index (χ1v) is 9.92. The molecule has 2 saturated carbocycles. The standard InChI is InChI=1S/C19H25NO3S/c1-10-3-6-13-15(7-10)24-18(16(13)19(22)23-2)20-17(21)14-9-11-4-5-12(14)8-11/h10-12,14H,3-9H2,1-2H3,(H,20,21)/t10-,11+,12+,14+/m0/s1. The predicted molar refractivity (Wildman–Crippen MR) is 94.4 cm³/mol. The van der Waals surface area contributed by atoms with Gasteiger partial charge in [0.05, 0.1) is 12.7 Å². The lowest BCUT2D eigenvalue weighted by Crippen LogP contribution is -2.27. The van der Waals surface area contributed by atoms with E-state index in [1.54, 1.807) is 11.3 Å². The Bertz CT molecular complexity index is 680. The van der Waals surface area contributed by atoms with E-state index in [4.69, 9.17) is 4.74 Å². The Hall–Kier alpha value is -1.36. The molecule has 2 bridgehead atoms. The van der Waals surface area contributed by atoms with Gasteiger partial charge in [-0.2, -0.15) is 0 Å². The summed E-state index contributed by atoms with van der Waals surface area (Å²) in [5.41, 5.74) is 1.72. The molecular formula is C19H25NO3S. The Labute approximate surface area is 147 Å². The Morgan fingerprint density at radius 2 is 2.04 bits per heavy atom. The van der Waals surface area contributed by atoms with Crippen molar-refractivity contribution in [1.29, 1.82) is 0 Å². The van der Waals surface area contributed by atoms with E-state index < -0.39 is 0 Å². The Balaban J connectivity index is 1.60. The Kier molecular flexibility index (Phi) is 4.15. The molecule has 3 aliphatic rings. The van der Waals surface area contributed by atoms with Crippen LogP contribution in [0.2, 0.25) is 0 Å². The number of nitrogens with one attached hydrogen (secondary N) is 1. The molecule has 0 aliphatic heterocycles. The number of thiophene rings is 1. The summed E-state index contributed by atoms with van der Waals surface area (Å²) >= 11 is 1.58. The fourth-order valence-electron chi connectivity index (χ4n) is 4.93. The second-order valence-electron chi connectivity index (χ2n) is 7.82. The van der Waals surface area contributed by atoms with Crippen molar-refractivity contribution in [3.63, 3.8) is 0 Å². The van der Waals surface area contributed by atoms with Crippen LogP contribution in [0.1, 0.15) is 59.8 Å². The van der Waals surface area contributed by atoms with Crippen molar-refractivity contribution < 1.29 is 14.3 Å². The van der Waals surface area contributed by atoms with Crippen LogP contribution in [0, 0.1) is 23.7 Å². The number of carbonyl (C=O) groups is 2. The third-order valence-electron chi connectivity index (χ3n) is 6.21. The van der Waals surface area contributed by atoms with Gasteiger partial charge in [-0.25, -0.2) is 4.79 Å². The van der Waals surface area contributed by atoms with Crippen molar-refractivity contribution in [2.24, 2.45) is 23.7 Å². The van der Waals surface area contributed by atoms with E-state index in [1.807, 2.05) is 0 Å². The summed E-state index contributed by atoms with van der Waals surface area (Å²) in [6, 6.07) is 0. The van der Waals surface area contributed by atoms with Gasteiger partial charge in [-0.1, -0.05) is 13.3 Å². The van der Waals surface area contributed by atoms with Crippen LogP contribution in [0.25, 0.3) is 0 Å². The van der Waals surface area contributed by atoms with Gasteiger partial charge in [0.15, 0.2) is 0 Å². The first-order valence-electron chi connectivity index (χ1n) is 9.10. The highest BCUT2D eigenvalue weighted by molar-refractivity contribution is 7.17. The fourth-order valence-corrected chi connectivity index (χ4v) is 6.33. The number of anilines is 1. The number of fused-ring (bicyclic) bond motifs is 3. The maximum absolute atomic E-state index is 12.8. The summed E-state index contributed by atoms with van der Waals surface area (Å²) in [5.74, 6) is 1.85. The monoisotopic (exact) mass is 347 g/mol. The quantitative estimate of drug-likeness (QED) is 0.840. The van der Waals surface area contributed by atoms with Gasteiger partial charge in [-0.05, 0) is 61.8 Å². The lowest BCUT2D eigenvalue weighted by molar-refractivity contribution is -0.121. The number of carbonyl (C=O) groups excluding carboxylic acids is 2. The van der Waals surface area contributed by atoms with Crippen LogP contribution in [0.5, 0.6) is 0 Å². The second kappa shape index (κ2) is 6.17. The largest absolute Gasteiger partial charge is 0.465 e. The number of hydrogen-bond donors (Lipinski definition) is 1. The number of hydrogen-bond acceptors (Lipinski definition) is 4. The van der Waals surface area contributed by atoms with Gasteiger partial charge in [-0.15, -0.1) is 11.3 Å². The fraction of sp³-hybridized carbons (Fsp3) is 0.684. The van der Waals surface area contributed by atoms with E-state index in [0.29, 0.717) is 22.4 Å². The molecule has 0 unspecified atom stereocenters. The van der Waals surface area contributed by atoms with Crippen molar-refractivity contribution in [3.05, 3.63) is 16.0 Å². The molecule has 0 spiro atoms. The van der Waals surface area contributed by atoms with Crippen LogP contribution >= 0.6 is 11.3 Å². The predicted octanol–water partition coefficient (Wildman–Crippen LogP) is 4.03. The van der Waals surface area contributed by atoms with E-state index >= 15 is 0 Å². The molecule has 4 nitrogen and oxygen atoms in total. The van der Waals surface area contributed by atoms with Crippen LogP contribution in [0.15, 0.2) is 0 Å². The highest BCUT2D eigenvalue weighted by Crippen LogP contribution is 2.49. The Morgan fingerprint density at radius 1 is 1.21 bits per heavy atom. The van der Waals surface area contributed by atoms with Gasteiger partial charge in [0, 0.05) is 10.8 Å². The van der Waals surface area contributed by atoms with Gasteiger partial charge in [0.1, 0.15) is 5.00 Å². The minimum atomic E-state index is -0.315. The minimum absolute atomic E-state index is 0.110. The molecule has 1 heterocycles. The third-order valence-corrected chi connectivity index (χ3v) is 7.38. The van der Waals surface area contributed by atoms with Gasteiger partial charge < -0.3 is 10.1 Å². The SMILES string of the molecule is COC(=O)c1c(NC(=O)[C@@H]2C[C@@H]3CC[C@@H]2C3)sc2c1CC[C@H](C)C2. The number of ether oxygens (including phenoxy) is 1. The van der Waals surface area contributed by atoms with E-state index in [-0.39, 0.29) is 17.8 Å². The smallest absolute Gasteiger partial charge is 0.341 e. The highest BCUT2D eigenvalue weighted by atomic mass is 32.1. The molecule has 2 fully saturated rings. The van der Waals surface area contributed by atoms with Gasteiger partial charge in [0.2, 0.25) is 5.91 Å². The molecule has 0 aromatic carbocycles. The molecule has 24 heavy (non-hydrogen) atoms. The number of esters is 1. The van der Waals surface area contributed by atoms with Crippen LogP contribution in [0.3, 0.4) is 0 Å². The summed E-state index contributed by atoms with van der Waals surface area (Å²) in [6.07, 6.45) is 7.69. The summed E-state index contributed by atoms with van der Waals surface area (Å²) in [6.45, 7) is 2.24. The molecule has 1 aromatic heterocycles. The molecular weight excluding hydrogens is 322 g/mol. The maximum Gasteiger partial charge on any atom is 0.341 e. The normalized spacial score (nSPS) is 30.9. The zero-order chi connectivity index (χ0) is 16.8. The van der Waals surface area contributed by atoms with Gasteiger partial charge >= 0.3 is 5.97 Å². The topological polar surface area (TPSA) is 55.4 Å². The molecule has 4 atom stereocenters. The molecule has 130 valence electrons. The molecule has 5 heteroatoms. The average molecular weight is 347 g/mol. The summed E-state index contributed by atoms with van der Waals surface area (Å²) in [7, 11) is 1.42. The van der Waals surface area contributed by atoms with Crippen LogP contribution < -0.4 is 5.32 Å². The number of rotatable bonds is 3. The first-order chi connectivity index (χ1) is 11.6. The molecule has 4 rings (SSSR count). The van der Waals surface area contributed by atoms with Gasteiger partial charge in [0.25, 0.3) is 0 Å². The van der Waals surface area contributed by atoms with Crippen molar-refractivity contribution in [1.82, 2.24) is 0 Å². The minimum Gasteiger partial charge on any atom is -0.465 e. The lowest BCUT2D eigenvalue weighted by Gasteiger charge is -2.20. The molecule has 1 aromatic rings. The summed E-state index contributed by atoms with van der Waals surface area (Å²) in [5, 5.41) is 3.82. The van der Waals surface area contributed by atoms with E-state index in [1.165, 1.54) is 31.2 Å². The summed E-state index contributed by atoms with van der Waals surface area (Å²) < 4.78 is 5.00. The molecule has 1 amide bonds. The zero-order valence-corrected chi connectivity index (χ0v) is 15.2. The number of amides is 1. The van der Waals surface area contributed by atoms with E-state index in [0.717, 1.165) is 37.2 Å². The van der Waals surface area contributed by atoms with E-state index in [9.17, 15) is 9.59 Å². The lowest BCUT2D eigenvalue weighted by atomic mass is 9.87. The van der Waals surface area contributed by atoms with Crippen molar-refractivity contribution >= 4 is 28.2 Å². The van der Waals surface area contributed by atoms with Crippen molar-refractivity contribution in [2.45, 2.75) is 51.9 Å². The van der Waals surface area contributed by atoms with Crippen LogP contribution in [0.4, 0.5) is 5.00 Å². The third kappa shape index (κ3) is 2.67. The first kappa shape index (κ1) is 16.1. The molecule has 1 N–H and O–H groups in total. The Morgan fingerprint density at radius 3 is 2.71 bits per heavy atom. The van der Waals surface area contributed by atoms with E-state index in [2.05, 4.69) is 12.2 Å². The highest BCUT2D eigenvalue weighted by Gasteiger charge is 2.43. The number of methoxy groups -OCH3 is 1. The van der Waals surface area contributed by atoms with Crippen molar-refractivity contribution in [3.8, 4) is 0 Å². The van der Waals surface area contributed by atoms with Gasteiger partial charge in [-0.3, -0.25) is 4.79 Å². The zero-order valence-electron chi connectivity index (χ0n) is 14.4. The average Bonchev–Trinajstić information content (AvgIpc) is 3.27. The molecule has 0 saturated heterocycles. The molecule has 0 radical (unpaired) electrons. The van der Waals surface area contributed by atoms with Crippen LogP contribution in [-0.2, 0) is 22.4 Å². The second-order valence-corrected chi connectivity index (χ2v) is 8.92. The maximum atomic E-state index is 12.8. The van der Waals surface area contributed by atoms with Crippen molar-refractivity contribution in [2.75, 3.05) is 12.4 Å². The summed E-state index contributed by atoms with van der Waals surface area (Å²) in [4.78, 5) is 26.3. The van der Waals surface area contributed by atoms with Crippen LogP contribution in [-0.4, -0.2) is 19.0 Å². The molecule has 3 aliphatic carbocycles.